The number of amides is 1. The number of nitrogens with one attached hydrogen (secondary N) is 1. The molecule has 0 radical (unpaired) electrons. The van der Waals surface area contributed by atoms with Crippen molar-refractivity contribution in [2.24, 2.45) is 0 Å². The summed E-state index contributed by atoms with van der Waals surface area (Å²) >= 11 is 0. The summed E-state index contributed by atoms with van der Waals surface area (Å²) in [6.07, 6.45) is 2.40. The van der Waals surface area contributed by atoms with Gasteiger partial charge in [-0.2, -0.15) is 0 Å². The minimum atomic E-state index is -0.467. The normalized spacial score (nSPS) is 16.6. The Morgan fingerprint density at radius 1 is 1.09 bits per heavy atom. The zero-order valence-electron chi connectivity index (χ0n) is 12.7. The van der Waals surface area contributed by atoms with E-state index in [4.69, 9.17) is 0 Å². The fourth-order valence-electron chi connectivity index (χ4n) is 3.36. The van der Waals surface area contributed by atoms with Crippen LogP contribution in [0.5, 0.6) is 0 Å². The van der Waals surface area contributed by atoms with Crippen LogP contribution in [0.15, 0.2) is 54.7 Å². The van der Waals surface area contributed by atoms with Crippen LogP contribution in [0.3, 0.4) is 0 Å². The maximum Gasteiger partial charge on any atom is 0.299 e. The number of rotatable bonds is 2. The number of hydrogen-bond donors (Lipinski definition) is 1. The van der Waals surface area contributed by atoms with Gasteiger partial charge in [-0.05, 0) is 31.0 Å². The molecule has 0 aliphatic carbocycles. The number of carbonyl (C=O) groups is 2. The number of nitrogens with zero attached hydrogens (tertiary/aromatic N) is 1. The maximum absolute atomic E-state index is 12.8. The summed E-state index contributed by atoms with van der Waals surface area (Å²) in [5, 5.41) is 0.783. The van der Waals surface area contributed by atoms with Crippen molar-refractivity contribution in [2.45, 2.75) is 19.4 Å². The molecular weight excluding hydrogens is 288 g/mol. The van der Waals surface area contributed by atoms with Crippen molar-refractivity contribution in [1.29, 1.82) is 0 Å². The zero-order valence-corrected chi connectivity index (χ0v) is 12.7. The number of anilines is 1. The molecule has 4 rings (SSSR count). The molecule has 114 valence electrons. The van der Waals surface area contributed by atoms with Crippen molar-refractivity contribution in [1.82, 2.24) is 4.98 Å². The average Bonchev–Trinajstić information content (AvgIpc) is 3.13. The fourth-order valence-corrected chi connectivity index (χ4v) is 3.36. The van der Waals surface area contributed by atoms with E-state index in [9.17, 15) is 9.59 Å². The van der Waals surface area contributed by atoms with Crippen molar-refractivity contribution >= 4 is 28.3 Å². The molecule has 0 saturated heterocycles. The van der Waals surface area contributed by atoms with Crippen LogP contribution in [0, 0.1) is 0 Å². The van der Waals surface area contributed by atoms with Crippen molar-refractivity contribution in [3.05, 3.63) is 65.9 Å². The summed E-state index contributed by atoms with van der Waals surface area (Å²) in [5.74, 6) is -0.932. The summed E-state index contributed by atoms with van der Waals surface area (Å²) in [5.41, 5.74) is 3.25. The van der Waals surface area contributed by atoms with Gasteiger partial charge in [-0.15, -0.1) is 0 Å². The highest BCUT2D eigenvalue weighted by molar-refractivity contribution is 6.49. The zero-order chi connectivity index (χ0) is 16.0. The van der Waals surface area contributed by atoms with Gasteiger partial charge in [0.05, 0.1) is 5.56 Å². The second kappa shape index (κ2) is 5.09. The third-order valence-corrected chi connectivity index (χ3v) is 4.45. The van der Waals surface area contributed by atoms with E-state index in [1.807, 2.05) is 55.5 Å². The van der Waals surface area contributed by atoms with Gasteiger partial charge in [0, 0.05) is 28.8 Å². The van der Waals surface area contributed by atoms with E-state index in [0.29, 0.717) is 5.56 Å². The molecule has 4 nitrogen and oxygen atoms in total. The molecule has 0 saturated carbocycles. The van der Waals surface area contributed by atoms with Crippen LogP contribution in [0.1, 0.15) is 22.8 Å². The number of aromatic nitrogens is 1. The van der Waals surface area contributed by atoms with Crippen LogP contribution in [-0.2, 0) is 11.2 Å². The second-order valence-electron chi connectivity index (χ2n) is 5.93. The van der Waals surface area contributed by atoms with Crippen LogP contribution in [-0.4, -0.2) is 22.7 Å². The van der Waals surface area contributed by atoms with Crippen LogP contribution in [0.2, 0.25) is 0 Å². The van der Waals surface area contributed by atoms with Crippen molar-refractivity contribution in [2.75, 3.05) is 4.90 Å². The molecule has 1 N–H and O–H groups in total. The molecule has 4 heteroatoms. The maximum atomic E-state index is 12.8. The number of fused-ring (bicyclic) bond motifs is 2. The van der Waals surface area contributed by atoms with Gasteiger partial charge in [-0.3, -0.25) is 9.59 Å². The van der Waals surface area contributed by atoms with Crippen molar-refractivity contribution in [3.63, 3.8) is 0 Å². The molecule has 3 aromatic rings. The largest absolute Gasteiger partial charge is 0.360 e. The minimum absolute atomic E-state index is 0.00550. The molecule has 1 atom stereocenters. The molecule has 0 fully saturated rings. The molecular formula is C19H16N2O2. The first kappa shape index (κ1) is 13.8. The Bertz CT molecular complexity index is 926. The van der Waals surface area contributed by atoms with Gasteiger partial charge >= 0.3 is 0 Å². The van der Waals surface area contributed by atoms with E-state index in [2.05, 4.69) is 4.98 Å². The number of aromatic amines is 1. The number of para-hydroxylation sites is 2. The van der Waals surface area contributed by atoms with Gasteiger partial charge in [-0.25, -0.2) is 0 Å². The summed E-state index contributed by atoms with van der Waals surface area (Å²) in [7, 11) is 0. The van der Waals surface area contributed by atoms with E-state index in [1.54, 1.807) is 11.1 Å². The lowest BCUT2D eigenvalue weighted by molar-refractivity contribution is -0.114. The van der Waals surface area contributed by atoms with Gasteiger partial charge < -0.3 is 9.88 Å². The average molecular weight is 304 g/mol. The number of hydrogen-bond acceptors (Lipinski definition) is 2. The molecule has 1 aromatic heterocycles. The van der Waals surface area contributed by atoms with Gasteiger partial charge in [0.2, 0.25) is 0 Å². The van der Waals surface area contributed by atoms with Crippen LogP contribution in [0.4, 0.5) is 5.69 Å². The van der Waals surface area contributed by atoms with Gasteiger partial charge in [0.1, 0.15) is 0 Å². The number of benzene rings is 2. The lowest BCUT2D eigenvalue weighted by atomic mass is 10.1. The molecule has 2 heterocycles. The molecule has 1 amide bonds. The summed E-state index contributed by atoms with van der Waals surface area (Å²) in [6, 6.07) is 15.3. The monoisotopic (exact) mass is 304 g/mol. The predicted molar refractivity (Wildman–Crippen MR) is 89.7 cm³/mol. The fraction of sp³-hybridized carbons (Fsp3) is 0.158. The number of ketones is 1. The van der Waals surface area contributed by atoms with Crippen LogP contribution in [0.25, 0.3) is 10.9 Å². The Kier molecular flexibility index (Phi) is 3.05. The van der Waals surface area contributed by atoms with E-state index in [-0.39, 0.29) is 6.04 Å². The Hall–Kier alpha value is -2.88. The van der Waals surface area contributed by atoms with Crippen molar-refractivity contribution in [3.8, 4) is 0 Å². The summed E-state index contributed by atoms with van der Waals surface area (Å²) < 4.78 is 0. The minimum Gasteiger partial charge on any atom is -0.360 e. The summed E-state index contributed by atoms with van der Waals surface area (Å²) in [4.78, 5) is 30.3. The Labute approximate surface area is 133 Å². The third-order valence-electron chi connectivity index (χ3n) is 4.45. The number of H-pyrrole nitrogens is 1. The predicted octanol–water partition coefficient (Wildman–Crippen LogP) is 3.33. The van der Waals surface area contributed by atoms with E-state index in [0.717, 1.165) is 28.6 Å². The smallest absolute Gasteiger partial charge is 0.299 e. The second-order valence-corrected chi connectivity index (χ2v) is 5.93. The first-order chi connectivity index (χ1) is 11.2. The highest BCUT2D eigenvalue weighted by atomic mass is 16.2. The van der Waals surface area contributed by atoms with E-state index < -0.39 is 11.7 Å². The quantitative estimate of drug-likeness (QED) is 0.583. The van der Waals surface area contributed by atoms with Crippen LogP contribution < -0.4 is 4.90 Å². The lowest BCUT2D eigenvalue weighted by Gasteiger charge is -2.21. The van der Waals surface area contributed by atoms with E-state index in [1.165, 1.54) is 0 Å². The standard InChI is InChI=1S/C19H16N2O2/c1-12-10-13-6-2-5-9-17(13)21(12)19(23)18(22)15-11-20-16-8-4-3-7-14(15)16/h2-9,11-12,20H,10H2,1H3/t12-/m1/s1. The molecule has 0 spiro atoms. The first-order valence-electron chi connectivity index (χ1n) is 7.68. The van der Waals surface area contributed by atoms with Gasteiger partial charge in [-0.1, -0.05) is 36.4 Å². The molecule has 2 aromatic carbocycles. The van der Waals surface area contributed by atoms with Gasteiger partial charge in [0.25, 0.3) is 11.7 Å². The topological polar surface area (TPSA) is 53.2 Å². The number of Topliss-reactive ketones (excluding diaryl/α,β-unsaturated/α-hetero) is 1. The highest BCUT2D eigenvalue weighted by Crippen LogP contribution is 2.32. The molecule has 0 unspecified atom stereocenters. The van der Waals surface area contributed by atoms with Crippen molar-refractivity contribution < 1.29 is 9.59 Å². The molecule has 23 heavy (non-hydrogen) atoms. The first-order valence-corrected chi connectivity index (χ1v) is 7.68. The SMILES string of the molecule is C[C@@H]1Cc2ccccc2N1C(=O)C(=O)c1c[nH]c2ccccc12. The van der Waals surface area contributed by atoms with Crippen LogP contribution >= 0.6 is 0 Å². The summed E-state index contributed by atoms with van der Waals surface area (Å²) in [6.45, 7) is 1.97. The molecule has 0 bridgehead atoms. The Morgan fingerprint density at radius 3 is 2.70 bits per heavy atom. The molecule has 1 aliphatic heterocycles. The van der Waals surface area contributed by atoms with Gasteiger partial charge in [0.15, 0.2) is 0 Å². The highest BCUT2D eigenvalue weighted by Gasteiger charge is 2.35. The number of carbonyl (C=O) groups excluding carboxylic acids is 2. The Balaban J connectivity index is 1.73. The lowest BCUT2D eigenvalue weighted by Crippen LogP contribution is -2.40. The van der Waals surface area contributed by atoms with E-state index >= 15 is 0 Å². The molecule has 1 aliphatic rings. The Morgan fingerprint density at radius 2 is 1.83 bits per heavy atom. The third kappa shape index (κ3) is 2.06.